The molecule has 0 fully saturated rings. The van der Waals surface area contributed by atoms with Gasteiger partial charge in [-0.1, -0.05) is 43.7 Å². The number of halogens is 1. The summed E-state index contributed by atoms with van der Waals surface area (Å²) < 4.78 is 13.5. The van der Waals surface area contributed by atoms with Gasteiger partial charge in [0, 0.05) is 17.3 Å². The van der Waals surface area contributed by atoms with Crippen LogP contribution < -0.4 is 16.2 Å². The highest BCUT2D eigenvalue weighted by Gasteiger charge is 2.01. The van der Waals surface area contributed by atoms with Crippen molar-refractivity contribution in [3.8, 4) is 0 Å². The lowest BCUT2D eigenvalue weighted by atomic mass is 10.1. The summed E-state index contributed by atoms with van der Waals surface area (Å²) in [5.41, 5.74) is 7.49. The van der Waals surface area contributed by atoms with Crippen molar-refractivity contribution in [1.82, 2.24) is 10.9 Å². The number of aryl methyl sites for hydroxylation is 1. The number of hydrazine groups is 1. The molecule has 136 valence electrons. The van der Waals surface area contributed by atoms with Gasteiger partial charge in [0.1, 0.15) is 5.82 Å². The first-order valence-corrected chi connectivity index (χ1v) is 8.88. The highest BCUT2D eigenvalue weighted by atomic mass is 32.1. The SMILES string of the molecule is CCCCc1ccc(NC(=S)NNC(=O)/C=C/c2ccccc2F)cc1. The molecular formula is C20H22FN3OS. The van der Waals surface area contributed by atoms with Gasteiger partial charge in [0.05, 0.1) is 0 Å². The molecule has 0 heterocycles. The van der Waals surface area contributed by atoms with E-state index < -0.39 is 5.91 Å². The topological polar surface area (TPSA) is 53.2 Å². The second-order valence-corrected chi connectivity index (χ2v) is 6.13. The van der Waals surface area contributed by atoms with E-state index in [4.69, 9.17) is 12.2 Å². The van der Waals surface area contributed by atoms with Crippen molar-refractivity contribution in [1.29, 1.82) is 0 Å². The molecule has 0 unspecified atom stereocenters. The zero-order valence-corrected chi connectivity index (χ0v) is 15.4. The fourth-order valence-electron chi connectivity index (χ4n) is 2.23. The number of hydrogen-bond acceptors (Lipinski definition) is 2. The highest BCUT2D eigenvalue weighted by Crippen LogP contribution is 2.11. The van der Waals surface area contributed by atoms with E-state index in [0.717, 1.165) is 12.1 Å². The quantitative estimate of drug-likeness (QED) is 0.405. The third-order valence-electron chi connectivity index (χ3n) is 3.65. The Morgan fingerprint density at radius 3 is 2.54 bits per heavy atom. The van der Waals surface area contributed by atoms with E-state index in [9.17, 15) is 9.18 Å². The number of benzene rings is 2. The molecule has 2 rings (SSSR count). The lowest BCUT2D eigenvalue weighted by Gasteiger charge is -2.11. The van der Waals surface area contributed by atoms with Crippen LogP contribution in [-0.2, 0) is 11.2 Å². The van der Waals surface area contributed by atoms with Gasteiger partial charge in [-0.25, -0.2) is 4.39 Å². The van der Waals surface area contributed by atoms with Gasteiger partial charge < -0.3 is 5.32 Å². The van der Waals surface area contributed by atoms with Gasteiger partial charge in [-0.15, -0.1) is 0 Å². The Morgan fingerprint density at radius 2 is 1.85 bits per heavy atom. The Kier molecular flexibility index (Phi) is 7.76. The number of rotatable bonds is 6. The van der Waals surface area contributed by atoms with E-state index in [-0.39, 0.29) is 10.9 Å². The van der Waals surface area contributed by atoms with Crippen LogP contribution in [0.3, 0.4) is 0 Å². The van der Waals surface area contributed by atoms with Gasteiger partial charge in [0.2, 0.25) is 0 Å². The number of hydrogen-bond donors (Lipinski definition) is 3. The molecule has 0 saturated heterocycles. The Hall–Kier alpha value is -2.73. The molecule has 4 nitrogen and oxygen atoms in total. The second-order valence-electron chi connectivity index (χ2n) is 5.72. The first-order valence-electron chi connectivity index (χ1n) is 8.47. The number of thiocarbonyl (C=S) groups is 1. The van der Waals surface area contributed by atoms with Crippen LogP contribution in [0.4, 0.5) is 10.1 Å². The normalized spacial score (nSPS) is 10.5. The number of nitrogens with one attached hydrogen (secondary N) is 3. The minimum absolute atomic E-state index is 0.263. The van der Waals surface area contributed by atoms with Crippen LogP contribution in [0, 0.1) is 5.82 Å². The number of carbonyl (C=O) groups excluding carboxylic acids is 1. The van der Waals surface area contributed by atoms with E-state index in [2.05, 4.69) is 35.2 Å². The van der Waals surface area contributed by atoms with Crippen molar-refractivity contribution in [2.45, 2.75) is 26.2 Å². The maximum absolute atomic E-state index is 13.5. The molecule has 0 spiro atoms. The summed E-state index contributed by atoms with van der Waals surface area (Å²) in [6.07, 6.45) is 6.02. The molecule has 0 aliphatic rings. The van der Waals surface area contributed by atoms with Gasteiger partial charge in [0.15, 0.2) is 5.11 Å². The van der Waals surface area contributed by atoms with E-state index in [1.54, 1.807) is 18.2 Å². The fraction of sp³-hybridized carbons (Fsp3) is 0.200. The monoisotopic (exact) mass is 371 g/mol. The molecule has 0 aromatic heterocycles. The molecule has 6 heteroatoms. The van der Waals surface area contributed by atoms with E-state index in [1.807, 2.05) is 12.1 Å². The molecule has 0 saturated carbocycles. The first kappa shape index (κ1) is 19.6. The lowest BCUT2D eigenvalue weighted by molar-refractivity contribution is -0.116. The van der Waals surface area contributed by atoms with Gasteiger partial charge in [0.25, 0.3) is 5.91 Å². The minimum atomic E-state index is -0.438. The Morgan fingerprint density at radius 1 is 1.12 bits per heavy atom. The van der Waals surface area contributed by atoms with Crippen molar-refractivity contribution in [3.05, 3.63) is 71.6 Å². The molecule has 0 bridgehead atoms. The van der Waals surface area contributed by atoms with Crippen LogP contribution in [0.25, 0.3) is 6.08 Å². The van der Waals surface area contributed by atoms with Crippen molar-refractivity contribution < 1.29 is 9.18 Å². The maximum atomic E-state index is 13.5. The number of unbranched alkanes of at least 4 members (excludes halogenated alkanes) is 1. The summed E-state index contributed by atoms with van der Waals surface area (Å²) in [5.74, 6) is -0.823. The molecule has 2 aromatic rings. The third kappa shape index (κ3) is 6.64. The lowest BCUT2D eigenvalue weighted by Crippen LogP contribution is -2.43. The molecule has 1 amide bonds. The van der Waals surface area contributed by atoms with E-state index >= 15 is 0 Å². The zero-order chi connectivity index (χ0) is 18.8. The average molecular weight is 371 g/mol. The van der Waals surface area contributed by atoms with Crippen LogP contribution >= 0.6 is 12.2 Å². The summed E-state index contributed by atoms with van der Waals surface area (Å²) in [6, 6.07) is 14.2. The van der Waals surface area contributed by atoms with Crippen LogP contribution in [0.15, 0.2) is 54.6 Å². The smallest absolute Gasteiger partial charge is 0.262 e. The van der Waals surface area contributed by atoms with Crippen molar-refractivity contribution in [3.63, 3.8) is 0 Å². The molecule has 0 atom stereocenters. The Labute approximate surface area is 158 Å². The van der Waals surface area contributed by atoms with Crippen LogP contribution in [0.2, 0.25) is 0 Å². The number of carbonyl (C=O) groups is 1. The molecule has 0 aliphatic heterocycles. The summed E-state index contributed by atoms with van der Waals surface area (Å²) in [4.78, 5) is 11.8. The van der Waals surface area contributed by atoms with Gasteiger partial charge in [-0.2, -0.15) is 0 Å². The van der Waals surface area contributed by atoms with Gasteiger partial charge >= 0.3 is 0 Å². The molecular weight excluding hydrogens is 349 g/mol. The second kappa shape index (κ2) is 10.3. The van der Waals surface area contributed by atoms with E-state index in [0.29, 0.717) is 5.56 Å². The predicted molar refractivity (Wildman–Crippen MR) is 108 cm³/mol. The van der Waals surface area contributed by atoms with Crippen LogP contribution in [0.5, 0.6) is 0 Å². The average Bonchev–Trinajstić information content (AvgIpc) is 2.65. The Bertz CT molecular complexity index is 775. The molecule has 3 N–H and O–H groups in total. The first-order chi connectivity index (χ1) is 12.6. The largest absolute Gasteiger partial charge is 0.331 e. The van der Waals surface area contributed by atoms with Crippen molar-refractivity contribution in [2.75, 3.05) is 5.32 Å². The molecule has 2 aromatic carbocycles. The van der Waals surface area contributed by atoms with Crippen molar-refractivity contribution in [2.24, 2.45) is 0 Å². The highest BCUT2D eigenvalue weighted by molar-refractivity contribution is 7.80. The zero-order valence-electron chi connectivity index (χ0n) is 14.6. The summed E-state index contributed by atoms with van der Waals surface area (Å²) >= 11 is 5.13. The van der Waals surface area contributed by atoms with Gasteiger partial charge in [-0.3, -0.25) is 15.6 Å². The Balaban J connectivity index is 1.77. The molecule has 0 radical (unpaired) electrons. The fourth-order valence-corrected chi connectivity index (χ4v) is 2.40. The van der Waals surface area contributed by atoms with Crippen molar-refractivity contribution >= 4 is 35.0 Å². The number of amides is 1. The van der Waals surface area contributed by atoms with Crippen LogP contribution in [0.1, 0.15) is 30.9 Å². The third-order valence-corrected chi connectivity index (χ3v) is 3.85. The summed E-state index contributed by atoms with van der Waals surface area (Å²) in [6.45, 7) is 2.17. The predicted octanol–water partition coefficient (Wildman–Crippen LogP) is 4.20. The molecule has 0 aliphatic carbocycles. The standard InChI is InChI=1S/C20H22FN3OS/c1-2-3-6-15-9-12-17(13-10-15)22-20(26)24-23-19(25)14-11-16-7-4-5-8-18(16)21/h4-5,7-14H,2-3,6H2,1H3,(H,23,25)(H2,22,24,26)/b14-11+. The summed E-state index contributed by atoms with van der Waals surface area (Å²) in [7, 11) is 0. The molecule has 26 heavy (non-hydrogen) atoms. The van der Waals surface area contributed by atoms with E-state index in [1.165, 1.54) is 36.6 Å². The number of anilines is 1. The maximum Gasteiger partial charge on any atom is 0.262 e. The summed E-state index contributed by atoms with van der Waals surface area (Å²) in [5, 5.41) is 3.25. The van der Waals surface area contributed by atoms with Crippen LogP contribution in [-0.4, -0.2) is 11.0 Å². The van der Waals surface area contributed by atoms with Gasteiger partial charge in [-0.05, 0) is 54.9 Å². The minimum Gasteiger partial charge on any atom is -0.331 e.